The highest BCUT2D eigenvalue weighted by Crippen LogP contribution is 2.29. The van der Waals surface area contributed by atoms with E-state index in [1.165, 1.54) is 0 Å². The van der Waals surface area contributed by atoms with Gasteiger partial charge in [0, 0.05) is 35.4 Å². The van der Waals surface area contributed by atoms with Crippen LogP contribution in [0.2, 0.25) is 0 Å². The van der Waals surface area contributed by atoms with Gasteiger partial charge in [-0.3, -0.25) is 0 Å². The predicted octanol–water partition coefficient (Wildman–Crippen LogP) is 5.53. The fourth-order valence-electron chi connectivity index (χ4n) is 2.94. The highest BCUT2D eigenvalue weighted by molar-refractivity contribution is 6.22. The second-order valence-electron chi connectivity index (χ2n) is 7.34. The molecule has 140 valence electrons. The Labute approximate surface area is 162 Å². The molecular weight excluding hydrogens is 332 g/mol. The minimum atomic E-state index is -0.500. The van der Waals surface area contributed by atoms with Gasteiger partial charge in [-0.05, 0) is 69.5 Å². The molecule has 0 bridgehead atoms. The molecule has 0 atom stereocenters. The maximum atomic E-state index is 9.29. The van der Waals surface area contributed by atoms with E-state index >= 15 is 0 Å². The SMILES string of the molecule is CN/C(C)=C(\C(C)=N)c1ccc(C)c(Nc2ccc(C(C)(C)C#N)cc2)c1. The molecule has 2 aromatic carbocycles. The molecule has 0 saturated carbocycles. The lowest BCUT2D eigenvalue weighted by Gasteiger charge is -2.18. The molecule has 0 aromatic heterocycles. The van der Waals surface area contributed by atoms with Gasteiger partial charge in [0.15, 0.2) is 0 Å². The van der Waals surface area contributed by atoms with Crippen LogP contribution < -0.4 is 10.6 Å². The van der Waals surface area contributed by atoms with Crippen molar-refractivity contribution in [2.75, 3.05) is 12.4 Å². The second-order valence-corrected chi connectivity index (χ2v) is 7.34. The van der Waals surface area contributed by atoms with Gasteiger partial charge in [-0.2, -0.15) is 5.26 Å². The average Bonchev–Trinajstić information content (AvgIpc) is 2.64. The molecule has 2 aromatic rings. The minimum Gasteiger partial charge on any atom is -0.391 e. The first-order valence-electron chi connectivity index (χ1n) is 9.03. The van der Waals surface area contributed by atoms with E-state index in [0.717, 1.165) is 39.3 Å². The van der Waals surface area contributed by atoms with E-state index in [-0.39, 0.29) is 0 Å². The Kier molecular flexibility index (Phi) is 6.07. The Balaban J connectivity index is 2.38. The van der Waals surface area contributed by atoms with E-state index in [2.05, 4.69) is 35.8 Å². The van der Waals surface area contributed by atoms with Crippen LogP contribution in [-0.2, 0) is 5.41 Å². The normalized spacial score (nSPS) is 12.0. The van der Waals surface area contributed by atoms with E-state index < -0.39 is 5.41 Å². The number of nitrogens with zero attached hydrogens (tertiary/aromatic N) is 1. The van der Waals surface area contributed by atoms with E-state index in [1.807, 2.05) is 58.2 Å². The number of aryl methyl sites for hydroxylation is 1. The fraction of sp³-hybridized carbons (Fsp3) is 0.304. The third kappa shape index (κ3) is 4.57. The van der Waals surface area contributed by atoms with Gasteiger partial charge < -0.3 is 16.0 Å². The van der Waals surface area contributed by atoms with Gasteiger partial charge in [-0.15, -0.1) is 0 Å². The van der Waals surface area contributed by atoms with Crippen molar-refractivity contribution in [3.8, 4) is 6.07 Å². The lowest BCUT2D eigenvalue weighted by Crippen LogP contribution is -2.13. The summed E-state index contributed by atoms with van der Waals surface area (Å²) in [6.45, 7) is 9.68. The van der Waals surface area contributed by atoms with Crippen molar-refractivity contribution in [1.29, 1.82) is 10.7 Å². The zero-order valence-electron chi connectivity index (χ0n) is 17.0. The average molecular weight is 361 g/mol. The quantitative estimate of drug-likeness (QED) is 0.593. The zero-order valence-corrected chi connectivity index (χ0v) is 17.0. The summed E-state index contributed by atoms with van der Waals surface area (Å²) >= 11 is 0. The summed E-state index contributed by atoms with van der Waals surface area (Å²) in [6, 6.07) is 16.5. The molecule has 4 heteroatoms. The molecule has 0 aliphatic carbocycles. The van der Waals surface area contributed by atoms with Crippen molar-refractivity contribution in [2.24, 2.45) is 0 Å². The molecule has 0 spiro atoms. The third-order valence-electron chi connectivity index (χ3n) is 4.82. The molecule has 0 radical (unpaired) electrons. The van der Waals surface area contributed by atoms with Crippen molar-refractivity contribution < 1.29 is 0 Å². The number of hydrogen-bond acceptors (Lipinski definition) is 4. The van der Waals surface area contributed by atoms with Crippen LogP contribution >= 0.6 is 0 Å². The van der Waals surface area contributed by atoms with Crippen LogP contribution in [0.1, 0.15) is 44.4 Å². The van der Waals surface area contributed by atoms with E-state index in [4.69, 9.17) is 5.41 Å². The molecule has 27 heavy (non-hydrogen) atoms. The Bertz CT molecular complexity index is 912. The first-order chi connectivity index (χ1) is 12.7. The first-order valence-corrected chi connectivity index (χ1v) is 9.03. The highest BCUT2D eigenvalue weighted by Gasteiger charge is 2.19. The molecule has 0 amide bonds. The third-order valence-corrected chi connectivity index (χ3v) is 4.82. The Morgan fingerprint density at radius 2 is 1.70 bits per heavy atom. The first kappa shape index (κ1) is 20.3. The molecule has 0 heterocycles. The standard InChI is InChI=1S/C23H28N4/c1-15-7-8-18(22(16(2)25)17(3)26-6)13-21(15)27-20-11-9-19(10-12-20)23(4,5)14-24/h7-13,25-27H,1-6H3/b22-17+,25-16?. The van der Waals surface area contributed by atoms with Crippen LogP contribution in [0.15, 0.2) is 48.2 Å². The van der Waals surface area contributed by atoms with Gasteiger partial charge >= 0.3 is 0 Å². The van der Waals surface area contributed by atoms with Gasteiger partial charge in [0.1, 0.15) is 0 Å². The van der Waals surface area contributed by atoms with Crippen LogP contribution in [0, 0.1) is 23.7 Å². The molecule has 0 fully saturated rings. The number of rotatable bonds is 6. The molecule has 0 unspecified atom stereocenters. The number of benzene rings is 2. The summed E-state index contributed by atoms with van der Waals surface area (Å²) in [7, 11) is 1.87. The monoisotopic (exact) mass is 360 g/mol. The van der Waals surface area contributed by atoms with Gasteiger partial charge in [0.05, 0.1) is 11.5 Å². The highest BCUT2D eigenvalue weighted by atomic mass is 14.9. The van der Waals surface area contributed by atoms with Crippen molar-refractivity contribution in [2.45, 2.75) is 40.0 Å². The predicted molar refractivity (Wildman–Crippen MR) is 115 cm³/mol. The molecule has 3 N–H and O–H groups in total. The van der Waals surface area contributed by atoms with Crippen LogP contribution in [0.25, 0.3) is 5.57 Å². The molecule has 2 rings (SSSR count). The van der Waals surface area contributed by atoms with Gasteiger partial charge in [-0.1, -0.05) is 24.3 Å². The van der Waals surface area contributed by atoms with Gasteiger partial charge in [0.2, 0.25) is 0 Å². The van der Waals surface area contributed by atoms with Crippen LogP contribution in [-0.4, -0.2) is 12.8 Å². The number of allylic oxidation sites excluding steroid dienone is 2. The lowest BCUT2D eigenvalue weighted by atomic mass is 9.86. The van der Waals surface area contributed by atoms with E-state index in [1.54, 1.807) is 6.92 Å². The molecule has 4 nitrogen and oxygen atoms in total. The van der Waals surface area contributed by atoms with E-state index in [0.29, 0.717) is 5.71 Å². The van der Waals surface area contributed by atoms with Crippen molar-refractivity contribution in [1.82, 2.24) is 5.32 Å². The van der Waals surface area contributed by atoms with E-state index in [9.17, 15) is 5.26 Å². The molecular formula is C23H28N4. The summed E-state index contributed by atoms with van der Waals surface area (Å²) in [5.41, 5.74) is 7.01. The lowest BCUT2D eigenvalue weighted by molar-refractivity contribution is 0.687. The molecule has 0 aliphatic heterocycles. The van der Waals surface area contributed by atoms with Crippen LogP contribution in [0.5, 0.6) is 0 Å². The topological polar surface area (TPSA) is 71.7 Å². The summed E-state index contributed by atoms with van der Waals surface area (Å²) < 4.78 is 0. The molecule has 0 saturated heterocycles. The minimum absolute atomic E-state index is 0.500. The van der Waals surface area contributed by atoms with Gasteiger partial charge in [-0.25, -0.2) is 0 Å². The number of anilines is 2. The fourth-order valence-corrected chi connectivity index (χ4v) is 2.94. The summed E-state index contributed by atoms with van der Waals surface area (Å²) in [4.78, 5) is 0. The smallest absolute Gasteiger partial charge is 0.0766 e. The zero-order chi connectivity index (χ0) is 20.2. The van der Waals surface area contributed by atoms with Crippen LogP contribution in [0.4, 0.5) is 11.4 Å². The Morgan fingerprint density at radius 1 is 1.07 bits per heavy atom. The van der Waals surface area contributed by atoms with Crippen molar-refractivity contribution in [3.63, 3.8) is 0 Å². The van der Waals surface area contributed by atoms with Crippen molar-refractivity contribution >= 4 is 22.7 Å². The Hall–Kier alpha value is -3.06. The Morgan fingerprint density at radius 3 is 2.22 bits per heavy atom. The second kappa shape index (κ2) is 8.09. The van der Waals surface area contributed by atoms with Crippen LogP contribution in [0.3, 0.4) is 0 Å². The number of nitriles is 1. The van der Waals surface area contributed by atoms with Gasteiger partial charge in [0.25, 0.3) is 0 Å². The maximum Gasteiger partial charge on any atom is 0.0766 e. The largest absolute Gasteiger partial charge is 0.391 e. The summed E-state index contributed by atoms with van der Waals surface area (Å²) in [6.07, 6.45) is 0. The summed E-state index contributed by atoms with van der Waals surface area (Å²) in [5.74, 6) is 0. The number of nitrogens with one attached hydrogen (secondary N) is 3. The summed E-state index contributed by atoms with van der Waals surface area (Å²) in [5, 5.41) is 24.0. The maximum absolute atomic E-state index is 9.29. The molecule has 0 aliphatic rings. The number of hydrogen-bond donors (Lipinski definition) is 3. The van der Waals surface area contributed by atoms with Crippen molar-refractivity contribution in [3.05, 3.63) is 64.9 Å².